The first kappa shape index (κ1) is 13.4. The average molecular weight is 310 g/mol. The molecule has 4 aromatic rings. The lowest BCUT2D eigenvalue weighted by atomic mass is 10.3. The number of benzene rings is 1. The first-order valence-electron chi connectivity index (χ1n) is 6.92. The molecule has 3 aromatic heterocycles. The molecule has 0 unspecified atom stereocenters. The Labute approximate surface area is 130 Å². The van der Waals surface area contributed by atoms with Gasteiger partial charge in [0.2, 0.25) is 0 Å². The van der Waals surface area contributed by atoms with Gasteiger partial charge in [0.25, 0.3) is 0 Å². The van der Waals surface area contributed by atoms with Crippen LogP contribution in [0.25, 0.3) is 28.1 Å². The Morgan fingerprint density at radius 3 is 2.74 bits per heavy atom. The van der Waals surface area contributed by atoms with Gasteiger partial charge < -0.3 is 20.2 Å². The van der Waals surface area contributed by atoms with Crippen molar-refractivity contribution in [2.24, 2.45) is 0 Å². The molecule has 1 aromatic carbocycles. The molecule has 0 aliphatic rings. The summed E-state index contributed by atoms with van der Waals surface area (Å²) in [4.78, 5) is 12.1. The SMILES string of the molecule is COc1cc2nc(-c3c(N)nn4cccnc34)[nH]c2cc1OC. The maximum absolute atomic E-state index is 6.04. The number of anilines is 1. The van der Waals surface area contributed by atoms with Crippen LogP contribution in [0.15, 0.2) is 30.6 Å². The fraction of sp³-hybridized carbons (Fsp3) is 0.133. The van der Waals surface area contributed by atoms with Crippen molar-refractivity contribution in [1.29, 1.82) is 0 Å². The van der Waals surface area contributed by atoms with E-state index in [1.807, 2.05) is 12.1 Å². The molecule has 0 spiro atoms. The number of H-pyrrole nitrogens is 1. The predicted octanol–water partition coefficient (Wildman–Crippen LogP) is 1.87. The number of aromatic amines is 1. The third-order valence-electron chi connectivity index (χ3n) is 3.65. The van der Waals surface area contributed by atoms with E-state index in [2.05, 4.69) is 20.1 Å². The molecule has 116 valence electrons. The van der Waals surface area contributed by atoms with Crippen molar-refractivity contribution in [1.82, 2.24) is 24.6 Å². The number of nitrogens with zero attached hydrogens (tertiary/aromatic N) is 4. The van der Waals surface area contributed by atoms with E-state index in [0.717, 1.165) is 11.0 Å². The highest BCUT2D eigenvalue weighted by atomic mass is 16.5. The van der Waals surface area contributed by atoms with Crippen molar-refractivity contribution >= 4 is 22.5 Å². The highest BCUT2D eigenvalue weighted by Crippen LogP contribution is 2.34. The van der Waals surface area contributed by atoms with Crippen LogP contribution in [0.2, 0.25) is 0 Å². The number of aromatic nitrogens is 5. The average Bonchev–Trinajstić information content (AvgIpc) is 3.11. The summed E-state index contributed by atoms with van der Waals surface area (Å²) in [6.07, 6.45) is 3.48. The molecule has 0 bridgehead atoms. The van der Waals surface area contributed by atoms with Crippen LogP contribution >= 0.6 is 0 Å². The normalized spacial score (nSPS) is 11.2. The topological polar surface area (TPSA) is 103 Å². The molecule has 0 atom stereocenters. The van der Waals surface area contributed by atoms with Gasteiger partial charge in [0.15, 0.2) is 23.0 Å². The molecule has 0 amide bonds. The zero-order valence-electron chi connectivity index (χ0n) is 12.6. The number of hydrogen-bond donors (Lipinski definition) is 2. The van der Waals surface area contributed by atoms with Crippen molar-refractivity contribution in [2.45, 2.75) is 0 Å². The quantitative estimate of drug-likeness (QED) is 0.599. The first-order chi connectivity index (χ1) is 11.2. The van der Waals surface area contributed by atoms with Gasteiger partial charge in [-0.1, -0.05) is 0 Å². The number of hydrogen-bond acceptors (Lipinski definition) is 6. The Morgan fingerprint density at radius 2 is 1.96 bits per heavy atom. The van der Waals surface area contributed by atoms with Crippen LogP contribution in [0.4, 0.5) is 5.82 Å². The van der Waals surface area contributed by atoms with Crippen LogP contribution in [-0.4, -0.2) is 38.8 Å². The van der Waals surface area contributed by atoms with Crippen LogP contribution in [-0.2, 0) is 0 Å². The van der Waals surface area contributed by atoms with Crippen molar-refractivity contribution < 1.29 is 9.47 Å². The molecule has 0 saturated carbocycles. The number of fused-ring (bicyclic) bond motifs is 2. The minimum absolute atomic E-state index is 0.363. The summed E-state index contributed by atoms with van der Waals surface area (Å²) in [5, 5.41) is 4.25. The molecule has 23 heavy (non-hydrogen) atoms. The maximum Gasteiger partial charge on any atom is 0.168 e. The first-order valence-corrected chi connectivity index (χ1v) is 6.92. The van der Waals surface area contributed by atoms with Gasteiger partial charge >= 0.3 is 0 Å². The molecule has 0 radical (unpaired) electrons. The minimum atomic E-state index is 0.363. The molecule has 4 rings (SSSR count). The minimum Gasteiger partial charge on any atom is -0.493 e. The third-order valence-corrected chi connectivity index (χ3v) is 3.65. The van der Waals surface area contributed by atoms with Crippen LogP contribution in [0.1, 0.15) is 0 Å². The van der Waals surface area contributed by atoms with E-state index >= 15 is 0 Å². The molecule has 0 aliphatic heterocycles. The van der Waals surface area contributed by atoms with Gasteiger partial charge in [-0.3, -0.25) is 0 Å². The Kier molecular flexibility index (Phi) is 2.83. The summed E-state index contributed by atoms with van der Waals surface area (Å²) >= 11 is 0. The van der Waals surface area contributed by atoms with Crippen molar-refractivity contribution in [2.75, 3.05) is 20.0 Å². The number of imidazole rings is 1. The van der Waals surface area contributed by atoms with Gasteiger partial charge in [-0.15, -0.1) is 5.10 Å². The molecule has 8 heteroatoms. The van der Waals surface area contributed by atoms with E-state index in [-0.39, 0.29) is 0 Å². The van der Waals surface area contributed by atoms with Crippen LogP contribution in [0.5, 0.6) is 11.5 Å². The zero-order chi connectivity index (χ0) is 16.0. The van der Waals surface area contributed by atoms with E-state index in [4.69, 9.17) is 15.2 Å². The summed E-state index contributed by atoms with van der Waals surface area (Å²) in [6, 6.07) is 5.43. The van der Waals surface area contributed by atoms with Gasteiger partial charge in [-0.05, 0) is 6.07 Å². The predicted molar refractivity (Wildman–Crippen MR) is 85.6 cm³/mol. The van der Waals surface area contributed by atoms with E-state index in [0.29, 0.717) is 34.4 Å². The van der Waals surface area contributed by atoms with E-state index in [1.165, 1.54) is 0 Å². The lowest BCUT2D eigenvalue weighted by molar-refractivity contribution is 0.356. The smallest absolute Gasteiger partial charge is 0.168 e. The van der Waals surface area contributed by atoms with E-state index < -0.39 is 0 Å². The summed E-state index contributed by atoms with van der Waals surface area (Å²) < 4.78 is 12.2. The maximum atomic E-state index is 6.04. The molecular formula is C15H14N6O2. The fourth-order valence-corrected chi connectivity index (χ4v) is 2.59. The molecule has 0 fully saturated rings. The number of nitrogen functional groups attached to an aromatic ring is 1. The number of ether oxygens (including phenoxy) is 2. The standard InChI is InChI=1S/C15H14N6O2/c1-22-10-6-8-9(7-11(10)23-2)19-14(18-8)12-13(16)20-21-5-3-4-17-15(12)21/h3-7H,1-2H3,(H2,16,20)(H,18,19). The molecule has 3 heterocycles. The van der Waals surface area contributed by atoms with Crippen molar-refractivity contribution in [3.8, 4) is 22.9 Å². The largest absolute Gasteiger partial charge is 0.493 e. The number of nitrogens with one attached hydrogen (secondary N) is 1. The molecule has 0 aliphatic carbocycles. The fourth-order valence-electron chi connectivity index (χ4n) is 2.59. The highest BCUT2D eigenvalue weighted by molar-refractivity contribution is 5.89. The summed E-state index contributed by atoms with van der Waals surface area (Å²) in [5.41, 5.74) is 8.90. The van der Waals surface area contributed by atoms with Gasteiger partial charge in [0.05, 0.1) is 25.3 Å². The second-order valence-electron chi connectivity index (χ2n) is 4.96. The lowest BCUT2D eigenvalue weighted by Crippen LogP contribution is -1.89. The number of methoxy groups -OCH3 is 2. The molecule has 0 saturated heterocycles. The molecular weight excluding hydrogens is 296 g/mol. The second kappa shape index (κ2) is 4.87. The Bertz CT molecular complexity index is 979. The Morgan fingerprint density at radius 1 is 1.17 bits per heavy atom. The van der Waals surface area contributed by atoms with Gasteiger partial charge in [-0.25, -0.2) is 14.5 Å². The lowest BCUT2D eigenvalue weighted by Gasteiger charge is -2.06. The number of nitrogens with two attached hydrogens (primary N) is 1. The Hall–Kier alpha value is -3.29. The molecule has 8 nitrogen and oxygen atoms in total. The van der Waals surface area contributed by atoms with Crippen LogP contribution < -0.4 is 15.2 Å². The highest BCUT2D eigenvalue weighted by Gasteiger charge is 2.18. The van der Waals surface area contributed by atoms with Crippen molar-refractivity contribution in [3.05, 3.63) is 30.6 Å². The Balaban J connectivity index is 1.96. The van der Waals surface area contributed by atoms with Gasteiger partial charge in [-0.2, -0.15) is 0 Å². The van der Waals surface area contributed by atoms with E-state index in [1.54, 1.807) is 37.2 Å². The van der Waals surface area contributed by atoms with Gasteiger partial charge in [0.1, 0.15) is 11.4 Å². The second-order valence-corrected chi connectivity index (χ2v) is 4.96. The van der Waals surface area contributed by atoms with E-state index in [9.17, 15) is 0 Å². The third kappa shape index (κ3) is 1.95. The summed E-state index contributed by atoms with van der Waals surface area (Å²) in [7, 11) is 3.18. The van der Waals surface area contributed by atoms with Gasteiger partial charge in [0, 0.05) is 24.5 Å². The summed E-state index contributed by atoms with van der Waals surface area (Å²) in [6.45, 7) is 0. The van der Waals surface area contributed by atoms with Crippen molar-refractivity contribution in [3.63, 3.8) is 0 Å². The van der Waals surface area contributed by atoms with Crippen LogP contribution in [0, 0.1) is 0 Å². The summed E-state index contributed by atoms with van der Waals surface area (Å²) in [5.74, 6) is 2.20. The van der Waals surface area contributed by atoms with Crippen LogP contribution in [0.3, 0.4) is 0 Å². The zero-order valence-corrected chi connectivity index (χ0v) is 12.6. The molecule has 3 N–H and O–H groups in total. The number of rotatable bonds is 3. The monoisotopic (exact) mass is 310 g/mol.